The monoisotopic (exact) mass is 442 g/mol. The van der Waals surface area contributed by atoms with Crippen LogP contribution in [0.1, 0.15) is 38.2 Å². The molecular formula is C20H23ClN8O2. The van der Waals surface area contributed by atoms with Crippen LogP contribution in [0, 0.1) is 0 Å². The molecule has 0 fully saturated rings. The molecule has 0 amide bonds. The molecule has 0 atom stereocenters. The molecule has 0 radical (unpaired) electrons. The highest BCUT2D eigenvalue weighted by molar-refractivity contribution is 6.66. The molecule has 0 bridgehead atoms. The minimum absolute atomic E-state index is 0.279. The largest absolute Gasteiger partial charge is 0.332 e. The smallest absolute Gasteiger partial charge is 0.278 e. The number of hydrogen-bond acceptors (Lipinski definition) is 7. The van der Waals surface area contributed by atoms with Gasteiger partial charge in [-0.15, -0.1) is 10.2 Å². The van der Waals surface area contributed by atoms with Gasteiger partial charge in [-0.2, -0.15) is 4.80 Å². The first-order chi connectivity index (χ1) is 15.1. The molecular weight excluding hydrogens is 420 g/mol. The van der Waals surface area contributed by atoms with Crippen LogP contribution in [0.5, 0.6) is 0 Å². The van der Waals surface area contributed by atoms with Crippen molar-refractivity contribution >= 4 is 22.6 Å². The van der Waals surface area contributed by atoms with Gasteiger partial charge in [0.1, 0.15) is 16.7 Å². The van der Waals surface area contributed by atoms with E-state index in [0.29, 0.717) is 60.5 Å². The van der Waals surface area contributed by atoms with Gasteiger partial charge in [-0.05, 0) is 36.6 Å². The lowest BCUT2D eigenvalue weighted by molar-refractivity contribution is 0.454. The van der Waals surface area contributed by atoms with Crippen molar-refractivity contribution in [3.05, 3.63) is 50.8 Å². The normalized spacial score (nSPS) is 12.8. The van der Waals surface area contributed by atoms with Gasteiger partial charge in [-0.1, -0.05) is 31.0 Å². The molecule has 1 aliphatic heterocycles. The van der Waals surface area contributed by atoms with Gasteiger partial charge >= 0.3 is 5.69 Å². The van der Waals surface area contributed by atoms with E-state index in [1.165, 1.54) is 9.36 Å². The number of aliphatic imine (C=N–C) groups is 1. The second-order valence-electron chi connectivity index (χ2n) is 7.34. The van der Waals surface area contributed by atoms with Crippen molar-refractivity contribution in [2.75, 3.05) is 0 Å². The number of nitrogens with zero attached hydrogens (tertiary/aromatic N) is 8. The van der Waals surface area contributed by atoms with Crippen molar-refractivity contribution in [3.63, 3.8) is 0 Å². The number of halogens is 1. The van der Waals surface area contributed by atoms with Crippen LogP contribution in [0.4, 0.5) is 5.82 Å². The maximum atomic E-state index is 13.0. The number of pyridine rings is 1. The zero-order valence-electron chi connectivity index (χ0n) is 17.2. The fourth-order valence-electron chi connectivity index (χ4n) is 3.50. The minimum Gasteiger partial charge on any atom is -0.278 e. The Hall–Kier alpha value is -3.14. The van der Waals surface area contributed by atoms with Crippen molar-refractivity contribution in [1.29, 1.82) is 0 Å². The Labute approximate surface area is 183 Å². The Morgan fingerprint density at radius 1 is 1.06 bits per heavy atom. The van der Waals surface area contributed by atoms with Crippen molar-refractivity contribution in [2.45, 2.75) is 58.7 Å². The SMILES string of the molecule is CCCCn1c2c(c(=O)n(CCCCn3nnc(-c4ccccn4)n3)c1=O)CC(Cl)=N2. The van der Waals surface area contributed by atoms with E-state index in [0.717, 1.165) is 12.8 Å². The highest BCUT2D eigenvalue weighted by Gasteiger charge is 2.24. The Kier molecular flexibility index (Phi) is 6.36. The average molecular weight is 443 g/mol. The molecule has 4 heterocycles. The number of rotatable bonds is 9. The summed E-state index contributed by atoms with van der Waals surface area (Å²) in [6.45, 7) is 3.41. The molecule has 0 spiro atoms. The van der Waals surface area contributed by atoms with Crippen LogP contribution in [-0.2, 0) is 26.1 Å². The van der Waals surface area contributed by atoms with Crippen molar-refractivity contribution in [2.24, 2.45) is 4.99 Å². The summed E-state index contributed by atoms with van der Waals surface area (Å²) in [5.74, 6) is 0.879. The summed E-state index contributed by atoms with van der Waals surface area (Å²) in [6.07, 6.45) is 5.03. The average Bonchev–Trinajstić information content (AvgIpc) is 3.40. The highest BCUT2D eigenvalue weighted by Crippen LogP contribution is 2.24. The summed E-state index contributed by atoms with van der Waals surface area (Å²) in [5.41, 5.74) is 0.526. The summed E-state index contributed by atoms with van der Waals surface area (Å²) in [7, 11) is 0. The first-order valence-electron chi connectivity index (χ1n) is 10.4. The Balaban J connectivity index is 1.44. The van der Waals surface area contributed by atoms with Crippen LogP contribution >= 0.6 is 11.6 Å². The van der Waals surface area contributed by atoms with Gasteiger partial charge < -0.3 is 0 Å². The van der Waals surface area contributed by atoms with Crippen molar-refractivity contribution in [1.82, 2.24) is 34.3 Å². The van der Waals surface area contributed by atoms with Crippen LogP contribution in [0.15, 0.2) is 39.0 Å². The van der Waals surface area contributed by atoms with Crippen LogP contribution in [-0.4, -0.2) is 39.5 Å². The summed E-state index contributed by atoms with van der Waals surface area (Å²) in [5, 5.41) is 12.7. The zero-order chi connectivity index (χ0) is 21.8. The molecule has 11 heteroatoms. The van der Waals surface area contributed by atoms with Crippen molar-refractivity contribution < 1.29 is 0 Å². The Bertz CT molecular complexity index is 1210. The number of unbranched alkanes of at least 4 members (excludes halogenated alkanes) is 2. The summed E-state index contributed by atoms with van der Waals surface area (Å²) < 4.78 is 2.88. The molecule has 0 unspecified atom stereocenters. The zero-order valence-corrected chi connectivity index (χ0v) is 18.0. The van der Waals surface area contributed by atoms with Crippen LogP contribution in [0.25, 0.3) is 11.5 Å². The molecule has 0 N–H and O–H groups in total. The third-order valence-electron chi connectivity index (χ3n) is 5.11. The third-order valence-corrected chi connectivity index (χ3v) is 5.33. The van der Waals surface area contributed by atoms with E-state index < -0.39 is 0 Å². The predicted molar refractivity (Wildman–Crippen MR) is 117 cm³/mol. The van der Waals surface area contributed by atoms with Crippen LogP contribution in [0.2, 0.25) is 0 Å². The van der Waals surface area contributed by atoms with Gasteiger partial charge in [-0.25, -0.2) is 9.79 Å². The van der Waals surface area contributed by atoms with E-state index in [4.69, 9.17) is 11.6 Å². The molecule has 0 aliphatic carbocycles. The first-order valence-corrected chi connectivity index (χ1v) is 10.7. The molecule has 0 saturated heterocycles. The van der Waals surface area contributed by atoms with Gasteiger partial charge in [0, 0.05) is 25.7 Å². The van der Waals surface area contributed by atoms with E-state index in [-0.39, 0.29) is 17.7 Å². The van der Waals surface area contributed by atoms with Gasteiger partial charge in [0.15, 0.2) is 0 Å². The summed E-state index contributed by atoms with van der Waals surface area (Å²) in [4.78, 5) is 35.7. The topological polar surface area (TPSA) is 113 Å². The van der Waals surface area contributed by atoms with E-state index in [2.05, 4.69) is 32.3 Å². The van der Waals surface area contributed by atoms with E-state index in [1.54, 1.807) is 10.8 Å². The summed E-state index contributed by atoms with van der Waals surface area (Å²) >= 11 is 6.06. The van der Waals surface area contributed by atoms with Crippen molar-refractivity contribution in [3.8, 4) is 11.5 Å². The number of tetrazole rings is 1. The lowest BCUT2D eigenvalue weighted by Gasteiger charge is -2.13. The molecule has 31 heavy (non-hydrogen) atoms. The first kappa shape index (κ1) is 21.1. The van der Waals surface area contributed by atoms with Gasteiger partial charge in [0.25, 0.3) is 5.56 Å². The number of hydrogen-bond donors (Lipinski definition) is 0. The highest BCUT2D eigenvalue weighted by atomic mass is 35.5. The second-order valence-corrected chi connectivity index (χ2v) is 7.78. The van der Waals surface area contributed by atoms with Crippen LogP contribution in [0.3, 0.4) is 0 Å². The molecule has 1 aliphatic rings. The molecule has 0 saturated carbocycles. The lowest BCUT2D eigenvalue weighted by atomic mass is 10.2. The number of aryl methyl sites for hydroxylation is 1. The molecule has 4 rings (SSSR count). The Morgan fingerprint density at radius 3 is 2.65 bits per heavy atom. The predicted octanol–water partition coefficient (Wildman–Crippen LogP) is 2.16. The maximum absolute atomic E-state index is 13.0. The second kappa shape index (κ2) is 9.34. The molecule has 3 aromatic rings. The molecule has 0 aromatic carbocycles. The fraction of sp³-hybridized carbons (Fsp3) is 0.450. The quantitative estimate of drug-likeness (QED) is 0.469. The maximum Gasteiger partial charge on any atom is 0.332 e. The van der Waals surface area contributed by atoms with Gasteiger partial charge in [0.05, 0.1) is 12.1 Å². The molecule has 10 nitrogen and oxygen atoms in total. The fourth-order valence-corrected chi connectivity index (χ4v) is 3.71. The van der Waals surface area contributed by atoms with E-state index in [9.17, 15) is 9.59 Å². The van der Waals surface area contributed by atoms with Gasteiger partial charge in [-0.3, -0.25) is 18.9 Å². The van der Waals surface area contributed by atoms with E-state index >= 15 is 0 Å². The van der Waals surface area contributed by atoms with Crippen LogP contribution < -0.4 is 11.2 Å². The minimum atomic E-state index is -0.330. The molecule has 3 aromatic heterocycles. The lowest BCUT2D eigenvalue weighted by Crippen LogP contribution is -2.41. The number of aromatic nitrogens is 7. The molecule has 162 valence electrons. The third kappa shape index (κ3) is 4.48. The van der Waals surface area contributed by atoms with E-state index in [1.807, 2.05) is 18.2 Å². The summed E-state index contributed by atoms with van der Waals surface area (Å²) in [6, 6.07) is 5.51. The number of fused-ring (bicyclic) bond motifs is 1. The van der Waals surface area contributed by atoms with Gasteiger partial charge in [0.2, 0.25) is 5.82 Å². The standard InChI is InChI=1S/C20H23ClN8O2/c1-2-3-10-27-18-14(13-16(21)23-18)19(30)28(20(27)31)11-6-7-12-29-25-17(24-26-29)15-8-4-5-9-22-15/h4-5,8-9H,2-3,6-7,10-13H2,1H3. The Morgan fingerprint density at radius 2 is 1.87 bits per heavy atom.